The van der Waals surface area contributed by atoms with Crippen LogP contribution in [0.25, 0.3) is 0 Å². The fraction of sp³-hybridized carbons (Fsp3) is 0.727. The summed E-state index contributed by atoms with van der Waals surface area (Å²) in [5.74, 6) is -1.73. The Morgan fingerprint density at radius 2 is 1.47 bits per heavy atom. The van der Waals surface area contributed by atoms with Crippen molar-refractivity contribution in [2.75, 3.05) is 6.61 Å². The standard InChI is InChI=1S/C8H11Cl3O4.C3H6O/c1-2-5(13)3-7(4-12,6(14)15)8(9,10)11;1-3(2)4/h12H,2-4H2,1H3,(H,14,15);1-2H3. The van der Waals surface area contributed by atoms with Crippen molar-refractivity contribution in [1.82, 2.24) is 0 Å². The minimum Gasteiger partial charge on any atom is -0.481 e. The van der Waals surface area contributed by atoms with Gasteiger partial charge in [-0.15, -0.1) is 0 Å². The van der Waals surface area contributed by atoms with Crippen molar-refractivity contribution in [3.05, 3.63) is 0 Å². The number of alkyl halides is 3. The second kappa shape index (κ2) is 8.74. The molecule has 0 radical (unpaired) electrons. The van der Waals surface area contributed by atoms with Gasteiger partial charge >= 0.3 is 5.97 Å². The lowest BCUT2D eigenvalue weighted by molar-refractivity contribution is -0.154. The monoisotopic (exact) mass is 334 g/mol. The molecule has 8 heteroatoms. The van der Waals surface area contributed by atoms with Crippen molar-refractivity contribution >= 4 is 52.3 Å². The highest BCUT2D eigenvalue weighted by molar-refractivity contribution is 6.69. The first-order valence-electron chi connectivity index (χ1n) is 5.34. The van der Waals surface area contributed by atoms with Crippen molar-refractivity contribution in [2.45, 2.75) is 37.4 Å². The summed E-state index contributed by atoms with van der Waals surface area (Å²) in [6, 6.07) is 0. The molecule has 0 bridgehead atoms. The first-order valence-corrected chi connectivity index (χ1v) is 6.47. The third-order valence-corrected chi connectivity index (χ3v) is 3.20. The third kappa shape index (κ3) is 7.11. The van der Waals surface area contributed by atoms with Crippen LogP contribution in [-0.4, -0.2) is 38.1 Å². The van der Waals surface area contributed by atoms with Crippen molar-refractivity contribution in [3.63, 3.8) is 0 Å². The van der Waals surface area contributed by atoms with Gasteiger partial charge in [-0.3, -0.25) is 9.59 Å². The summed E-state index contributed by atoms with van der Waals surface area (Å²) < 4.78 is -2.24. The number of hydrogen-bond acceptors (Lipinski definition) is 4. The second-order valence-corrected chi connectivity index (χ2v) is 6.30. The normalized spacial score (nSPS) is 13.8. The van der Waals surface area contributed by atoms with E-state index in [1.165, 1.54) is 13.8 Å². The summed E-state index contributed by atoms with van der Waals surface area (Å²) in [6.07, 6.45) is -0.387. The molecule has 0 aromatic rings. The second-order valence-electron chi connectivity index (χ2n) is 4.02. The topological polar surface area (TPSA) is 91.7 Å². The smallest absolute Gasteiger partial charge is 0.316 e. The van der Waals surface area contributed by atoms with Crippen LogP contribution >= 0.6 is 34.8 Å². The maximum absolute atomic E-state index is 11.2. The molecule has 2 N–H and O–H groups in total. The number of aliphatic carboxylic acids is 1. The number of aliphatic hydroxyl groups excluding tert-OH is 1. The Labute approximate surface area is 126 Å². The molecule has 5 nitrogen and oxygen atoms in total. The Morgan fingerprint density at radius 1 is 1.11 bits per heavy atom. The van der Waals surface area contributed by atoms with Crippen molar-refractivity contribution in [1.29, 1.82) is 0 Å². The van der Waals surface area contributed by atoms with Crippen LogP contribution in [0.15, 0.2) is 0 Å². The number of Topliss-reactive ketones (excluding diaryl/α,β-unsaturated/α-hetero) is 2. The minimum absolute atomic E-state index is 0.121. The van der Waals surface area contributed by atoms with Crippen LogP contribution in [-0.2, 0) is 14.4 Å². The van der Waals surface area contributed by atoms with Gasteiger partial charge in [-0.25, -0.2) is 0 Å². The average molecular weight is 336 g/mol. The molecule has 0 fully saturated rings. The van der Waals surface area contributed by atoms with Gasteiger partial charge < -0.3 is 15.0 Å². The van der Waals surface area contributed by atoms with Gasteiger partial charge in [0.25, 0.3) is 0 Å². The molecule has 0 rings (SSSR count). The number of carbonyl (C=O) groups excluding carboxylic acids is 2. The Kier molecular flexibility index (Phi) is 9.64. The van der Waals surface area contributed by atoms with Gasteiger partial charge in [-0.05, 0) is 13.8 Å². The highest BCUT2D eigenvalue weighted by Gasteiger charge is 2.55. The minimum atomic E-state index is -2.24. The van der Waals surface area contributed by atoms with Crippen LogP contribution in [0.4, 0.5) is 0 Å². The number of hydrogen-bond donors (Lipinski definition) is 2. The van der Waals surface area contributed by atoms with E-state index in [-0.39, 0.29) is 12.2 Å². The SMILES string of the molecule is CC(C)=O.CCC(=O)CC(CO)(C(=O)O)C(Cl)(Cl)Cl. The molecule has 0 aromatic carbocycles. The number of halogens is 3. The van der Waals surface area contributed by atoms with Gasteiger partial charge in [0, 0.05) is 12.8 Å². The number of carboxylic acid groups (broad SMARTS) is 1. The molecule has 0 saturated carbocycles. The largest absolute Gasteiger partial charge is 0.481 e. The van der Waals surface area contributed by atoms with Gasteiger partial charge in [-0.1, -0.05) is 41.7 Å². The molecular formula is C11H17Cl3O5. The molecule has 1 unspecified atom stereocenters. The van der Waals surface area contributed by atoms with E-state index in [1.54, 1.807) is 6.92 Å². The van der Waals surface area contributed by atoms with Crippen LogP contribution in [0, 0.1) is 5.41 Å². The van der Waals surface area contributed by atoms with E-state index in [2.05, 4.69) is 0 Å². The zero-order chi connectivity index (χ0) is 15.9. The first-order chi connectivity index (χ1) is 8.44. The van der Waals surface area contributed by atoms with E-state index < -0.39 is 34.0 Å². The summed E-state index contributed by atoms with van der Waals surface area (Å²) in [7, 11) is 0. The number of aliphatic hydroxyl groups is 1. The van der Waals surface area contributed by atoms with E-state index >= 15 is 0 Å². The first kappa shape index (κ1) is 20.9. The number of ketones is 2. The quantitative estimate of drug-likeness (QED) is 0.753. The lowest BCUT2D eigenvalue weighted by Gasteiger charge is -2.33. The summed E-state index contributed by atoms with van der Waals surface area (Å²) in [5.41, 5.74) is -2.08. The Balaban J connectivity index is 0. The molecule has 1 atom stereocenters. The summed E-state index contributed by atoms with van der Waals surface area (Å²) >= 11 is 16.5. The van der Waals surface area contributed by atoms with E-state index in [9.17, 15) is 14.4 Å². The van der Waals surface area contributed by atoms with E-state index in [1.807, 2.05) is 0 Å². The van der Waals surface area contributed by atoms with Gasteiger partial charge in [0.05, 0.1) is 6.61 Å². The predicted octanol–water partition coefficient (Wildman–Crippen LogP) is 2.38. The highest BCUT2D eigenvalue weighted by Crippen LogP contribution is 2.47. The Morgan fingerprint density at radius 3 is 1.63 bits per heavy atom. The van der Waals surface area contributed by atoms with Crippen molar-refractivity contribution < 1.29 is 24.6 Å². The molecule has 0 aliphatic rings. The van der Waals surface area contributed by atoms with Gasteiger partial charge in [0.15, 0.2) is 0 Å². The van der Waals surface area contributed by atoms with Crippen LogP contribution in [0.2, 0.25) is 0 Å². The van der Waals surface area contributed by atoms with Gasteiger partial charge in [0.2, 0.25) is 3.79 Å². The molecule has 0 aromatic heterocycles. The van der Waals surface area contributed by atoms with Crippen molar-refractivity contribution in [2.24, 2.45) is 5.41 Å². The van der Waals surface area contributed by atoms with Crippen molar-refractivity contribution in [3.8, 4) is 0 Å². The molecule has 0 aliphatic heterocycles. The number of carbonyl (C=O) groups is 3. The van der Waals surface area contributed by atoms with Crippen LogP contribution < -0.4 is 0 Å². The average Bonchev–Trinajstić information content (AvgIpc) is 2.22. The lowest BCUT2D eigenvalue weighted by Crippen LogP contribution is -2.47. The molecule has 0 saturated heterocycles. The number of rotatable bonds is 5. The number of carboxylic acids is 1. The van der Waals surface area contributed by atoms with Gasteiger partial charge in [-0.2, -0.15) is 0 Å². The third-order valence-electron chi connectivity index (χ3n) is 2.12. The van der Waals surface area contributed by atoms with E-state index in [0.29, 0.717) is 0 Å². The summed E-state index contributed by atoms with van der Waals surface area (Å²) in [5, 5.41) is 18.0. The molecule has 0 heterocycles. The Hall–Kier alpha value is -0.360. The zero-order valence-electron chi connectivity index (χ0n) is 10.9. The molecule has 0 aliphatic carbocycles. The predicted molar refractivity (Wildman–Crippen MR) is 73.7 cm³/mol. The van der Waals surface area contributed by atoms with Crippen LogP contribution in [0.1, 0.15) is 33.6 Å². The molecule has 112 valence electrons. The lowest BCUT2D eigenvalue weighted by atomic mass is 9.84. The van der Waals surface area contributed by atoms with Crippen LogP contribution in [0.5, 0.6) is 0 Å². The van der Waals surface area contributed by atoms with E-state index in [0.717, 1.165) is 0 Å². The molecule has 19 heavy (non-hydrogen) atoms. The summed E-state index contributed by atoms with van der Waals surface area (Å²) in [4.78, 5) is 31.6. The van der Waals surface area contributed by atoms with E-state index in [4.69, 9.17) is 45.0 Å². The molecular weight excluding hydrogens is 318 g/mol. The van der Waals surface area contributed by atoms with Crippen LogP contribution in [0.3, 0.4) is 0 Å². The maximum Gasteiger partial charge on any atom is 0.316 e. The fourth-order valence-electron chi connectivity index (χ4n) is 0.972. The molecule has 0 amide bonds. The maximum atomic E-state index is 11.2. The highest BCUT2D eigenvalue weighted by atomic mass is 35.6. The Bertz CT molecular complexity index is 334. The zero-order valence-corrected chi connectivity index (χ0v) is 13.1. The van der Waals surface area contributed by atoms with Gasteiger partial charge in [0.1, 0.15) is 17.0 Å². The molecule has 0 spiro atoms. The summed E-state index contributed by atoms with van der Waals surface area (Å²) in [6.45, 7) is 3.70. The fourth-order valence-corrected chi connectivity index (χ4v) is 1.59.